The summed E-state index contributed by atoms with van der Waals surface area (Å²) in [5.41, 5.74) is 7.73. The summed E-state index contributed by atoms with van der Waals surface area (Å²) in [6.45, 7) is 5.34. The van der Waals surface area contributed by atoms with Crippen molar-refractivity contribution in [3.63, 3.8) is 0 Å². The zero-order chi connectivity index (χ0) is 12.5. The van der Waals surface area contributed by atoms with E-state index in [1.807, 2.05) is 13.8 Å². The number of methoxy groups -OCH3 is 1. The quantitative estimate of drug-likeness (QED) is 0.828. The number of hydrogen-bond acceptors (Lipinski definition) is 3. The fourth-order valence-electron chi connectivity index (χ4n) is 1.66. The summed E-state index contributed by atoms with van der Waals surface area (Å²) in [6, 6.07) is 1.11. The van der Waals surface area contributed by atoms with Crippen molar-refractivity contribution in [2.75, 3.05) is 7.11 Å². The minimum atomic E-state index is -0.540. The average molecular weight is 242 g/mol. The molecule has 2 N–H and O–H groups in total. The first-order chi connectivity index (χ1) is 7.40. The number of ketones is 1. The molecule has 0 fully saturated rings. The van der Waals surface area contributed by atoms with Gasteiger partial charge >= 0.3 is 0 Å². The Bertz CT molecular complexity index is 428. The van der Waals surface area contributed by atoms with Gasteiger partial charge in [-0.2, -0.15) is 0 Å². The second kappa shape index (κ2) is 4.85. The lowest BCUT2D eigenvalue weighted by Gasteiger charge is -2.15. The maximum atomic E-state index is 11.9. The number of halogens is 1. The molecule has 1 aromatic rings. The van der Waals surface area contributed by atoms with Crippen molar-refractivity contribution in [1.82, 2.24) is 0 Å². The van der Waals surface area contributed by atoms with Gasteiger partial charge in [-0.05, 0) is 26.8 Å². The third kappa shape index (κ3) is 2.20. The largest absolute Gasteiger partial charge is 0.496 e. The van der Waals surface area contributed by atoms with E-state index in [1.54, 1.807) is 20.1 Å². The first-order valence-corrected chi connectivity index (χ1v) is 5.41. The number of nitrogens with two attached hydrogens (primary N) is 1. The van der Waals surface area contributed by atoms with Crippen LogP contribution in [0.5, 0.6) is 5.75 Å². The maximum absolute atomic E-state index is 11.9. The fourth-order valence-corrected chi connectivity index (χ4v) is 1.86. The monoisotopic (exact) mass is 241 g/mol. The Morgan fingerprint density at radius 2 is 2.00 bits per heavy atom. The van der Waals surface area contributed by atoms with Gasteiger partial charge in [0.25, 0.3) is 0 Å². The minimum absolute atomic E-state index is 0.127. The number of hydrogen-bond donors (Lipinski definition) is 1. The molecule has 1 rings (SSSR count). The van der Waals surface area contributed by atoms with Gasteiger partial charge in [0.1, 0.15) is 5.75 Å². The Balaban J connectivity index is 3.43. The van der Waals surface area contributed by atoms with Crippen molar-refractivity contribution < 1.29 is 9.53 Å². The third-order valence-corrected chi connectivity index (χ3v) is 2.99. The van der Waals surface area contributed by atoms with Crippen molar-refractivity contribution in [3.05, 3.63) is 27.8 Å². The SMILES string of the molecule is COc1c(C)c(Cl)cc(C(=O)C(C)N)c1C. The van der Waals surface area contributed by atoms with E-state index in [2.05, 4.69) is 0 Å². The van der Waals surface area contributed by atoms with Gasteiger partial charge in [0.05, 0.1) is 13.2 Å². The molecule has 1 atom stereocenters. The van der Waals surface area contributed by atoms with Gasteiger partial charge in [0.2, 0.25) is 0 Å². The minimum Gasteiger partial charge on any atom is -0.496 e. The van der Waals surface area contributed by atoms with Crippen LogP contribution in [0.15, 0.2) is 6.07 Å². The summed E-state index contributed by atoms with van der Waals surface area (Å²) in [6.07, 6.45) is 0. The molecule has 0 amide bonds. The van der Waals surface area contributed by atoms with Crippen LogP contribution in [0, 0.1) is 13.8 Å². The molecule has 88 valence electrons. The fraction of sp³-hybridized carbons (Fsp3) is 0.417. The normalized spacial score (nSPS) is 12.4. The molecule has 16 heavy (non-hydrogen) atoms. The molecule has 0 spiro atoms. The predicted molar refractivity (Wildman–Crippen MR) is 65.5 cm³/mol. The van der Waals surface area contributed by atoms with Crippen LogP contribution in [0.2, 0.25) is 5.02 Å². The Kier molecular flexibility index (Phi) is 3.94. The van der Waals surface area contributed by atoms with E-state index in [0.717, 1.165) is 11.1 Å². The van der Waals surface area contributed by atoms with Crippen LogP contribution in [-0.4, -0.2) is 18.9 Å². The van der Waals surface area contributed by atoms with Crippen LogP contribution in [0.1, 0.15) is 28.4 Å². The zero-order valence-corrected chi connectivity index (χ0v) is 10.7. The molecule has 3 nitrogen and oxygen atoms in total. The van der Waals surface area contributed by atoms with E-state index >= 15 is 0 Å². The second-order valence-corrected chi connectivity index (χ2v) is 4.25. The molecular weight excluding hydrogens is 226 g/mol. The highest BCUT2D eigenvalue weighted by atomic mass is 35.5. The molecule has 4 heteroatoms. The van der Waals surface area contributed by atoms with E-state index in [4.69, 9.17) is 22.1 Å². The molecule has 1 unspecified atom stereocenters. The van der Waals surface area contributed by atoms with Gasteiger partial charge in [-0.25, -0.2) is 0 Å². The summed E-state index contributed by atoms with van der Waals surface area (Å²) >= 11 is 6.05. The van der Waals surface area contributed by atoms with Crippen molar-refractivity contribution in [1.29, 1.82) is 0 Å². The highest BCUT2D eigenvalue weighted by molar-refractivity contribution is 6.32. The van der Waals surface area contributed by atoms with Crippen LogP contribution >= 0.6 is 11.6 Å². The van der Waals surface area contributed by atoms with Crippen LogP contribution < -0.4 is 10.5 Å². The summed E-state index contributed by atoms with van der Waals surface area (Å²) in [5, 5.41) is 0.520. The standard InChI is InChI=1S/C12H16ClNO2/c1-6-9(11(15)8(3)14)5-10(13)7(2)12(6)16-4/h5,8H,14H2,1-4H3. The molecule has 0 radical (unpaired) electrons. The topological polar surface area (TPSA) is 52.3 Å². The van der Waals surface area contributed by atoms with Gasteiger partial charge in [0, 0.05) is 21.7 Å². The molecule has 1 aromatic carbocycles. The Hall–Kier alpha value is -1.06. The van der Waals surface area contributed by atoms with Crippen molar-refractivity contribution >= 4 is 17.4 Å². The summed E-state index contributed by atoms with van der Waals surface area (Å²) in [4.78, 5) is 11.9. The van der Waals surface area contributed by atoms with Gasteiger partial charge in [0.15, 0.2) is 5.78 Å². The first kappa shape index (κ1) is 13.0. The van der Waals surface area contributed by atoms with E-state index < -0.39 is 6.04 Å². The number of carbonyl (C=O) groups excluding carboxylic acids is 1. The molecule has 0 heterocycles. The molecule has 0 bridgehead atoms. The zero-order valence-electron chi connectivity index (χ0n) is 9.93. The van der Waals surface area contributed by atoms with Crippen molar-refractivity contribution in [2.24, 2.45) is 5.73 Å². The highest BCUT2D eigenvalue weighted by Crippen LogP contribution is 2.32. The number of Topliss-reactive ketones (excluding diaryl/α,β-unsaturated/α-hetero) is 1. The average Bonchev–Trinajstić information content (AvgIpc) is 2.23. The van der Waals surface area contributed by atoms with E-state index in [9.17, 15) is 4.79 Å². The van der Waals surface area contributed by atoms with Crippen molar-refractivity contribution in [3.8, 4) is 5.75 Å². The smallest absolute Gasteiger partial charge is 0.179 e. The van der Waals surface area contributed by atoms with Gasteiger partial charge in [-0.1, -0.05) is 11.6 Å². The number of benzene rings is 1. The third-order valence-electron chi connectivity index (χ3n) is 2.60. The number of ether oxygens (including phenoxy) is 1. The first-order valence-electron chi connectivity index (χ1n) is 5.03. The van der Waals surface area contributed by atoms with Gasteiger partial charge < -0.3 is 10.5 Å². The molecular formula is C12H16ClNO2. The maximum Gasteiger partial charge on any atom is 0.179 e. The van der Waals surface area contributed by atoms with Crippen LogP contribution in [-0.2, 0) is 0 Å². The molecule has 0 saturated heterocycles. The lowest BCUT2D eigenvalue weighted by Crippen LogP contribution is -2.27. The Morgan fingerprint density at radius 3 is 2.44 bits per heavy atom. The number of rotatable bonds is 3. The summed E-state index contributed by atoms with van der Waals surface area (Å²) in [7, 11) is 1.56. The predicted octanol–water partition coefficient (Wildman–Crippen LogP) is 2.50. The lowest BCUT2D eigenvalue weighted by molar-refractivity contribution is 0.0967. The summed E-state index contributed by atoms with van der Waals surface area (Å²) in [5.74, 6) is 0.522. The van der Waals surface area contributed by atoms with Crippen LogP contribution in [0.4, 0.5) is 0 Å². The summed E-state index contributed by atoms with van der Waals surface area (Å²) < 4.78 is 5.25. The lowest BCUT2D eigenvalue weighted by atomic mass is 9.97. The molecule has 0 aromatic heterocycles. The van der Waals surface area contributed by atoms with E-state index in [1.165, 1.54) is 0 Å². The van der Waals surface area contributed by atoms with Gasteiger partial charge in [-0.3, -0.25) is 4.79 Å². The van der Waals surface area contributed by atoms with Crippen molar-refractivity contribution in [2.45, 2.75) is 26.8 Å². The molecule has 0 aliphatic heterocycles. The number of carbonyl (C=O) groups is 1. The van der Waals surface area contributed by atoms with Crippen LogP contribution in [0.3, 0.4) is 0 Å². The van der Waals surface area contributed by atoms with Crippen LogP contribution in [0.25, 0.3) is 0 Å². The van der Waals surface area contributed by atoms with Gasteiger partial charge in [-0.15, -0.1) is 0 Å². The molecule has 0 aliphatic carbocycles. The molecule has 0 saturated carbocycles. The second-order valence-electron chi connectivity index (χ2n) is 3.84. The Morgan fingerprint density at radius 1 is 1.44 bits per heavy atom. The Labute approximate surface area is 101 Å². The highest BCUT2D eigenvalue weighted by Gasteiger charge is 2.19. The van der Waals surface area contributed by atoms with E-state index in [0.29, 0.717) is 16.3 Å². The van der Waals surface area contributed by atoms with E-state index in [-0.39, 0.29) is 5.78 Å². The molecule has 0 aliphatic rings.